The maximum atomic E-state index is 13.2. The molecular weight excluding hydrogens is 412 g/mol. The fraction of sp³-hybridized carbons (Fsp3) is 0.720. The van der Waals surface area contributed by atoms with Crippen LogP contribution in [-0.4, -0.2) is 55.3 Å². The zero-order valence-electron chi connectivity index (χ0n) is 19.3. The third-order valence-corrected chi connectivity index (χ3v) is 7.62. The minimum absolute atomic E-state index is 0.0385. The molecule has 4 saturated carbocycles. The number of hydrogen-bond acceptors (Lipinski definition) is 4. The van der Waals surface area contributed by atoms with Crippen LogP contribution in [0.25, 0.3) is 0 Å². The molecule has 0 spiro atoms. The Morgan fingerprint density at radius 3 is 2.58 bits per heavy atom. The van der Waals surface area contributed by atoms with Crippen molar-refractivity contribution in [2.24, 2.45) is 17.8 Å². The lowest BCUT2D eigenvalue weighted by atomic mass is 9.52. The highest BCUT2D eigenvalue weighted by Crippen LogP contribution is 2.57. The molecule has 0 heterocycles. The van der Waals surface area contributed by atoms with Crippen molar-refractivity contribution in [3.8, 4) is 5.75 Å². The highest BCUT2D eigenvalue weighted by atomic mass is 35.5. The van der Waals surface area contributed by atoms with Crippen molar-refractivity contribution in [1.82, 2.24) is 10.2 Å². The maximum Gasteiger partial charge on any atom is 0.263 e. The first kappa shape index (κ1) is 22.9. The Bertz CT molecular complexity index is 781. The van der Waals surface area contributed by atoms with Gasteiger partial charge in [0, 0.05) is 17.7 Å². The van der Waals surface area contributed by atoms with E-state index in [4.69, 9.17) is 21.1 Å². The average Bonchev–Trinajstić information content (AvgIpc) is 2.67. The normalized spacial score (nSPS) is 31.8. The molecule has 5 atom stereocenters. The SMILES string of the molecule is CN(C)CCCOC12CC3C[C@H](C1)C(NC(=O)C(C)(C)Oc1cccc(Cl)c1)[C@@H](C3)C2. The number of nitrogens with zero attached hydrogens (tertiary/aromatic N) is 1. The van der Waals surface area contributed by atoms with Crippen LogP contribution < -0.4 is 10.1 Å². The van der Waals surface area contributed by atoms with Gasteiger partial charge < -0.3 is 19.7 Å². The highest BCUT2D eigenvalue weighted by molar-refractivity contribution is 6.30. The van der Waals surface area contributed by atoms with Gasteiger partial charge in [-0.1, -0.05) is 17.7 Å². The van der Waals surface area contributed by atoms with Crippen LogP contribution >= 0.6 is 11.6 Å². The van der Waals surface area contributed by atoms with Gasteiger partial charge in [0.2, 0.25) is 0 Å². The summed E-state index contributed by atoms with van der Waals surface area (Å²) in [6, 6.07) is 7.44. The first-order chi connectivity index (χ1) is 14.7. The summed E-state index contributed by atoms with van der Waals surface area (Å²) < 4.78 is 12.5. The highest BCUT2D eigenvalue weighted by Gasteiger charge is 2.56. The number of benzene rings is 1. The standard InChI is InChI=1S/C25H37ClN2O3/c1-24(2,31-21-8-5-7-20(26)13-21)23(29)27-22-18-11-17-12-19(22)16-25(14-17,15-18)30-10-6-9-28(3)4/h5,7-8,13,17-19,22H,6,9-12,14-16H2,1-4H3,(H,27,29)/t17?,18-,19+,22?,25?. The Morgan fingerprint density at radius 2 is 1.94 bits per heavy atom. The number of amides is 1. The van der Waals surface area contributed by atoms with Gasteiger partial charge in [-0.3, -0.25) is 4.79 Å². The predicted molar refractivity (Wildman–Crippen MR) is 123 cm³/mol. The summed E-state index contributed by atoms with van der Waals surface area (Å²) in [4.78, 5) is 15.4. The first-order valence-corrected chi connectivity index (χ1v) is 12.1. The van der Waals surface area contributed by atoms with E-state index in [2.05, 4.69) is 24.3 Å². The summed E-state index contributed by atoms with van der Waals surface area (Å²) >= 11 is 6.07. The molecule has 0 aromatic heterocycles. The van der Waals surface area contributed by atoms with Crippen LogP contribution in [0, 0.1) is 17.8 Å². The molecule has 1 N–H and O–H groups in total. The van der Waals surface area contributed by atoms with Gasteiger partial charge in [0.15, 0.2) is 5.60 Å². The summed E-state index contributed by atoms with van der Waals surface area (Å²) in [5.41, 5.74) is -0.920. The van der Waals surface area contributed by atoms with Gasteiger partial charge in [0.05, 0.1) is 5.60 Å². The lowest BCUT2D eigenvalue weighted by Crippen LogP contribution is -2.64. The molecule has 0 saturated heterocycles. The van der Waals surface area contributed by atoms with E-state index in [1.165, 1.54) is 19.3 Å². The van der Waals surface area contributed by atoms with Crippen LogP contribution in [-0.2, 0) is 9.53 Å². The molecule has 4 aliphatic carbocycles. The largest absolute Gasteiger partial charge is 0.478 e. The smallest absolute Gasteiger partial charge is 0.263 e. The molecule has 0 aliphatic heterocycles. The molecule has 0 radical (unpaired) electrons. The minimum Gasteiger partial charge on any atom is -0.478 e. The predicted octanol–water partition coefficient (Wildman–Crippen LogP) is 4.53. The fourth-order valence-electron chi connectivity index (χ4n) is 6.23. The van der Waals surface area contributed by atoms with Gasteiger partial charge >= 0.3 is 0 Å². The van der Waals surface area contributed by atoms with Crippen molar-refractivity contribution in [3.05, 3.63) is 29.3 Å². The number of halogens is 1. The Balaban J connectivity index is 1.36. The third-order valence-electron chi connectivity index (χ3n) is 7.39. The summed E-state index contributed by atoms with van der Waals surface area (Å²) in [5.74, 6) is 2.32. The summed E-state index contributed by atoms with van der Waals surface area (Å²) in [7, 11) is 4.21. The molecule has 172 valence electrons. The number of hydrogen-bond donors (Lipinski definition) is 1. The zero-order chi connectivity index (χ0) is 22.2. The van der Waals surface area contributed by atoms with Crippen LogP contribution in [0.2, 0.25) is 5.02 Å². The van der Waals surface area contributed by atoms with Crippen molar-refractivity contribution in [1.29, 1.82) is 0 Å². The van der Waals surface area contributed by atoms with E-state index in [0.717, 1.165) is 38.3 Å². The second-order valence-corrected chi connectivity index (χ2v) is 11.2. The molecule has 1 amide bonds. The van der Waals surface area contributed by atoms with E-state index in [0.29, 0.717) is 22.6 Å². The lowest BCUT2D eigenvalue weighted by Gasteiger charge is -2.59. The van der Waals surface area contributed by atoms with E-state index < -0.39 is 5.60 Å². The quantitative estimate of drug-likeness (QED) is 0.564. The van der Waals surface area contributed by atoms with Crippen molar-refractivity contribution < 1.29 is 14.3 Å². The van der Waals surface area contributed by atoms with E-state index in [1.54, 1.807) is 12.1 Å². The van der Waals surface area contributed by atoms with Crippen LogP contribution in [0.15, 0.2) is 24.3 Å². The van der Waals surface area contributed by atoms with Gasteiger partial charge in [0.1, 0.15) is 5.75 Å². The topological polar surface area (TPSA) is 50.8 Å². The monoisotopic (exact) mass is 448 g/mol. The second-order valence-electron chi connectivity index (χ2n) is 10.7. The Morgan fingerprint density at radius 1 is 1.23 bits per heavy atom. The number of carbonyl (C=O) groups excluding carboxylic acids is 1. The van der Waals surface area contributed by atoms with Gasteiger partial charge in [-0.25, -0.2) is 0 Å². The minimum atomic E-state index is -0.959. The van der Waals surface area contributed by atoms with Crippen molar-refractivity contribution >= 4 is 17.5 Å². The molecule has 1 aromatic rings. The zero-order valence-corrected chi connectivity index (χ0v) is 20.1. The van der Waals surface area contributed by atoms with Crippen molar-refractivity contribution in [2.75, 3.05) is 27.2 Å². The van der Waals surface area contributed by atoms with E-state index in [1.807, 2.05) is 26.0 Å². The van der Waals surface area contributed by atoms with Crippen LogP contribution in [0.1, 0.15) is 52.4 Å². The number of nitrogens with one attached hydrogen (secondary N) is 1. The molecule has 31 heavy (non-hydrogen) atoms. The fourth-order valence-corrected chi connectivity index (χ4v) is 6.41. The first-order valence-electron chi connectivity index (χ1n) is 11.7. The third kappa shape index (κ3) is 5.20. The molecular formula is C25H37ClN2O3. The van der Waals surface area contributed by atoms with Gasteiger partial charge in [-0.05, 0) is 109 Å². The van der Waals surface area contributed by atoms with Crippen LogP contribution in [0.4, 0.5) is 0 Å². The number of ether oxygens (including phenoxy) is 2. The number of carbonyl (C=O) groups is 1. The van der Waals surface area contributed by atoms with Crippen LogP contribution in [0.3, 0.4) is 0 Å². The second kappa shape index (κ2) is 8.92. The maximum absolute atomic E-state index is 13.2. The molecule has 3 unspecified atom stereocenters. The molecule has 6 heteroatoms. The number of rotatable bonds is 9. The summed E-state index contributed by atoms with van der Waals surface area (Å²) in [6.07, 6.45) is 6.83. The summed E-state index contributed by atoms with van der Waals surface area (Å²) in [5, 5.41) is 3.98. The Kier molecular flexibility index (Phi) is 6.58. The molecule has 5 nitrogen and oxygen atoms in total. The molecule has 5 rings (SSSR count). The van der Waals surface area contributed by atoms with Gasteiger partial charge in [-0.15, -0.1) is 0 Å². The molecule has 1 aromatic carbocycles. The van der Waals surface area contributed by atoms with Crippen molar-refractivity contribution in [3.63, 3.8) is 0 Å². The van der Waals surface area contributed by atoms with E-state index >= 15 is 0 Å². The Labute approximate surface area is 191 Å². The molecule has 4 bridgehead atoms. The van der Waals surface area contributed by atoms with Gasteiger partial charge in [0.25, 0.3) is 5.91 Å². The summed E-state index contributed by atoms with van der Waals surface area (Å²) in [6.45, 7) is 5.55. The van der Waals surface area contributed by atoms with Crippen molar-refractivity contribution in [2.45, 2.75) is 69.6 Å². The molecule has 4 aliphatic rings. The Hall–Kier alpha value is -1.30. The van der Waals surface area contributed by atoms with E-state index in [9.17, 15) is 4.79 Å². The lowest BCUT2D eigenvalue weighted by molar-refractivity contribution is -0.176. The van der Waals surface area contributed by atoms with Crippen LogP contribution in [0.5, 0.6) is 5.75 Å². The average molecular weight is 449 g/mol. The molecule has 4 fully saturated rings. The van der Waals surface area contributed by atoms with Gasteiger partial charge in [-0.2, -0.15) is 0 Å². The van der Waals surface area contributed by atoms with E-state index in [-0.39, 0.29) is 17.6 Å².